The molecule has 27 atom stereocenters. The van der Waals surface area contributed by atoms with Crippen LogP contribution in [-0.4, -0.2) is 87.6 Å². The molecule has 2 aromatic rings. The standard InChI is InChI=1S/C33H49NO2.C30H45NO2.C23H37NO2.C2H4O2.2CH4/c1-20(2)23-11-9-22(10-12-23)19-34-24-14-16-33(7)26-15-17-32(6)21(3)8-13-25(32)28(26)30-29(27(33)18-24)35-31(4,5)36-30;1-18(2)21-9-7-20(8-10-21)17-31-22-12-14-30(5)24-13-15-29(4)19(3)6-11-23(29)26(24)28(33)27(32)25(30)16-22;1-13-6-7-15-18-16(9-11-22(13,15)4)23(5)10-8-14(24)12-17(23)19-20(18)26-21(2,3)25-19;1-2(3)4;;/h9-12,20,24-30,34H,3,8,13-19H2,1-2,4-7H3;7-10,18,22-28,31-33H,3,6,11-17H2,1-2,4-5H3;14-20H,1,6-12,24H2,2-5H3;1H3,(H,3,4);2*1H4/t24-,25?,26?,27?,28?,29-,30-,32-,33-;22-,23?,24?,25?,26?,27-,28-,29-,30-;14-,15?,16?,17?,18?,19-,20-,22-,23-;;;/m111.../s1. The van der Waals surface area contributed by atoms with E-state index in [1.165, 1.54) is 135 Å². The lowest BCUT2D eigenvalue weighted by Crippen LogP contribution is -2.64. The van der Waals surface area contributed by atoms with Crippen LogP contribution in [0, 0.1) is 104 Å². The molecule has 0 bridgehead atoms. The smallest absolute Gasteiger partial charge is 0.300 e. The van der Waals surface area contributed by atoms with E-state index in [9.17, 15) is 10.2 Å². The van der Waals surface area contributed by atoms with Gasteiger partial charge in [-0.3, -0.25) is 4.79 Å². The third kappa shape index (κ3) is 13.9. The van der Waals surface area contributed by atoms with Gasteiger partial charge in [0, 0.05) is 38.1 Å². The molecule has 0 amide bonds. The predicted octanol–water partition coefficient (Wildman–Crippen LogP) is 19.4. The largest absolute Gasteiger partial charge is 0.481 e. The summed E-state index contributed by atoms with van der Waals surface area (Å²) in [5, 5.41) is 38.0. The van der Waals surface area contributed by atoms with Gasteiger partial charge < -0.3 is 50.6 Å². The topological polar surface area (TPSA) is 165 Å². The Labute approximate surface area is 613 Å². The average Bonchev–Trinajstić information content (AvgIpc) is 1.65. The monoisotopic (exact) mass is 1390 g/mol. The quantitative estimate of drug-likeness (QED) is 0.139. The third-order valence-electron chi connectivity index (χ3n) is 32.2. The molecule has 0 spiro atoms. The highest BCUT2D eigenvalue weighted by Gasteiger charge is 2.71. The number of allylic oxidation sites excluding steroid dienone is 3. The van der Waals surface area contributed by atoms with E-state index in [-0.39, 0.29) is 61.9 Å². The van der Waals surface area contributed by atoms with Crippen LogP contribution in [0.5, 0.6) is 0 Å². The molecule has 14 fully saturated rings. The molecule has 0 radical (unpaired) electrons. The highest BCUT2D eigenvalue weighted by Crippen LogP contribution is 2.72. The molecule has 2 aromatic carbocycles. The number of rotatable bonds is 8. The van der Waals surface area contributed by atoms with Crippen molar-refractivity contribution in [2.24, 2.45) is 109 Å². The Morgan fingerprint density at radius 2 is 0.782 bits per heavy atom. The minimum atomic E-state index is -0.833. The van der Waals surface area contributed by atoms with Crippen LogP contribution in [0.1, 0.15) is 288 Å². The molecule has 11 nitrogen and oxygen atoms in total. The van der Waals surface area contributed by atoms with Gasteiger partial charge in [-0.25, -0.2) is 0 Å². The Morgan fingerprint density at radius 1 is 0.455 bits per heavy atom. The molecule has 11 heteroatoms. The van der Waals surface area contributed by atoms with Gasteiger partial charge in [-0.15, -0.1) is 0 Å². The van der Waals surface area contributed by atoms with E-state index >= 15 is 0 Å². The number of benzene rings is 2. The zero-order chi connectivity index (χ0) is 71.1. The summed E-state index contributed by atoms with van der Waals surface area (Å²) in [6, 6.07) is 19.5. The van der Waals surface area contributed by atoms with Crippen LogP contribution in [0.3, 0.4) is 0 Å². The summed E-state index contributed by atoms with van der Waals surface area (Å²) >= 11 is 0. The van der Waals surface area contributed by atoms with Crippen molar-refractivity contribution in [3.8, 4) is 0 Å². The second-order valence-electron chi connectivity index (χ2n) is 38.7. The van der Waals surface area contributed by atoms with Gasteiger partial charge in [0.1, 0.15) is 0 Å². The molecular weight excluding hydrogens is 1250 g/mol. The molecule has 14 aliphatic rings. The highest BCUT2D eigenvalue weighted by molar-refractivity contribution is 5.63. The second kappa shape index (κ2) is 29.1. The third-order valence-corrected chi connectivity index (χ3v) is 32.2. The number of ether oxygens (including phenoxy) is 4. The summed E-state index contributed by atoms with van der Waals surface area (Å²) in [7, 11) is 0. The van der Waals surface area contributed by atoms with E-state index in [2.05, 4.69) is 176 Å². The number of fused-ring (bicyclic) bond motifs is 21. The summed E-state index contributed by atoms with van der Waals surface area (Å²) in [6.45, 7) is 48.9. The normalized spacial score (nSPS) is 45.9. The van der Waals surface area contributed by atoms with Crippen molar-refractivity contribution in [1.82, 2.24) is 10.6 Å². The summed E-state index contributed by atoms with van der Waals surface area (Å²) in [5.41, 5.74) is 17.9. The first kappa shape index (κ1) is 78.8. The van der Waals surface area contributed by atoms with E-state index in [4.69, 9.17) is 34.6 Å². The van der Waals surface area contributed by atoms with Gasteiger partial charge in [-0.1, -0.05) is 169 Å². The molecule has 16 rings (SSSR count). The van der Waals surface area contributed by atoms with Gasteiger partial charge >= 0.3 is 0 Å². The number of nitrogens with one attached hydrogen (secondary N) is 2. The summed E-state index contributed by atoms with van der Waals surface area (Å²) < 4.78 is 26.9. The van der Waals surface area contributed by atoms with E-state index < -0.39 is 29.8 Å². The van der Waals surface area contributed by atoms with Gasteiger partial charge in [-0.2, -0.15) is 0 Å². The van der Waals surface area contributed by atoms with Crippen LogP contribution in [0.15, 0.2) is 85.0 Å². The van der Waals surface area contributed by atoms with Crippen LogP contribution in [0.25, 0.3) is 0 Å². The summed E-state index contributed by atoms with van der Waals surface area (Å²) in [6.07, 6.45) is 25.2. The number of hydrogen-bond donors (Lipinski definition) is 6. The fourth-order valence-corrected chi connectivity index (χ4v) is 26.3. The van der Waals surface area contributed by atoms with Crippen LogP contribution >= 0.6 is 0 Å². The van der Waals surface area contributed by atoms with Gasteiger partial charge in [0.05, 0.1) is 36.6 Å². The Bertz CT molecular complexity index is 3260. The Hall–Kier alpha value is -3.23. The number of aliphatic carboxylic acids is 1. The van der Waals surface area contributed by atoms with Gasteiger partial charge in [0.25, 0.3) is 5.97 Å². The minimum absolute atomic E-state index is 0. The minimum Gasteiger partial charge on any atom is -0.481 e. The second-order valence-corrected chi connectivity index (χ2v) is 38.7. The zero-order valence-electron chi connectivity index (χ0n) is 64.2. The van der Waals surface area contributed by atoms with Crippen LogP contribution in [-0.2, 0) is 36.8 Å². The Kier molecular flexibility index (Phi) is 22.7. The van der Waals surface area contributed by atoms with Gasteiger partial charge in [-0.05, 0) is 300 Å². The van der Waals surface area contributed by atoms with E-state index in [0.29, 0.717) is 99.0 Å². The fourth-order valence-electron chi connectivity index (χ4n) is 26.3. The number of aliphatic hydroxyl groups excluding tert-OH is 2. The number of hydrogen-bond acceptors (Lipinski definition) is 10. The maximum Gasteiger partial charge on any atom is 0.300 e. The summed E-state index contributed by atoms with van der Waals surface area (Å²) in [5.74, 6) is 6.04. The van der Waals surface area contributed by atoms with E-state index in [1.54, 1.807) is 0 Å². The molecule has 0 aromatic heterocycles. The maximum atomic E-state index is 11.4. The predicted molar refractivity (Wildman–Crippen MR) is 412 cm³/mol. The molecule has 12 saturated carbocycles. The van der Waals surface area contributed by atoms with Crippen molar-refractivity contribution in [2.75, 3.05) is 0 Å². The number of aliphatic hydroxyl groups is 2. The van der Waals surface area contributed by atoms with Crippen LogP contribution in [0.2, 0.25) is 0 Å². The first-order valence-electron chi connectivity index (χ1n) is 40.3. The lowest BCUT2D eigenvalue weighted by Gasteiger charge is -2.63. The molecule has 7 N–H and O–H groups in total. The summed E-state index contributed by atoms with van der Waals surface area (Å²) in [4.78, 5) is 9.00. The van der Waals surface area contributed by atoms with Crippen molar-refractivity contribution < 1.29 is 39.1 Å². The molecule has 12 aliphatic carbocycles. The van der Waals surface area contributed by atoms with Crippen LogP contribution in [0.4, 0.5) is 0 Å². The molecular formula is C90H143N3O8. The Balaban J connectivity index is 0.000000149. The lowest BCUT2D eigenvalue weighted by atomic mass is 9.43. The maximum absolute atomic E-state index is 11.4. The molecule has 2 aliphatic heterocycles. The molecule has 101 heavy (non-hydrogen) atoms. The lowest BCUT2D eigenvalue weighted by molar-refractivity contribution is -0.211. The first-order valence-corrected chi connectivity index (χ1v) is 40.3. The van der Waals surface area contributed by atoms with Crippen molar-refractivity contribution in [3.05, 3.63) is 107 Å². The van der Waals surface area contributed by atoms with Gasteiger partial charge in [0.15, 0.2) is 11.6 Å². The van der Waals surface area contributed by atoms with Crippen molar-refractivity contribution in [2.45, 2.75) is 345 Å². The highest BCUT2D eigenvalue weighted by atomic mass is 16.8. The number of carbonyl (C=O) groups is 1. The molecule has 2 saturated heterocycles. The SMILES string of the molecule is C.C.C=C1CCC2C3C(CC[C@]12C)[C@@]1(C)CC[C@@H](N)CC1[C@H]1OC(C)(C)O[C@H]31.C=C1CCC2C3C(CC[C@]12C)[C@@]1(C)CC[C@@H](NCc2ccc(C(C)C)cc2)CC1[C@@H](O)[C@@H]3O.C=C1CCC2C3C(CC[C@]12C)[C@@]1(C)CC[C@@H](NCc2ccc(C(C)C)cc2)CC1[C@H]1OC(C)(C)O[C@H]31.CC(=O)O. The first-order chi connectivity index (χ1) is 46.6. The van der Waals surface area contributed by atoms with Crippen molar-refractivity contribution >= 4 is 5.97 Å². The van der Waals surface area contributed by atoms with E-state index in [1.807, 2.05) is 0 Å². The number of carboxylic acids is 1. The Morgan fingerprint density at radius 3 is 1.17 bits per heavy atom. The fraction of sp³-hybridized carbons (Fsp3) is 0.789. The number of carboxylic acid groups (broad SMARTS) is 1. The molecule has 566 valence electrons. The van der Waals surface area contributed by atoms with Crippen molar-refractivity contribution in [3.63, 3.8) is 0 Å². The van der Waals surface area contributed by atoms with Gasteiger partial charge in [0.2, 0.25) is 0 Å². The van der Waals surface area contributed by atoms with E-state index in [0.717, 1.165) is 70.4 Å². The molecule has 12 unspecified atom stereocenters. The van der Waals surface area contributed by atoms with Crippen LogP contribution < -0.4 is 16.4 Å². The average molecular weight is 1400 g/mol. The van der Waals surface area contributed by atoms with Crippen molar-refractivity contribution in [1.29, 1.82) is 0 Å². The zero-order valence-corrected chi connectivity index (χ0v) is 64.2. The number of nitrogens with two attached hydrogens (primary N) is 1. The molecule has 2 heterocycles.